The summed E-state index contributed by atoms with van der Waals surface area (Å²) >= 11 is 6.27. The maximum atomic E-state index is 13.5. The van der Waals surface area contributed by atoms with Gasteiger partial charge in [-0.15, -0.1) is 0 Å². The standard InChI is InChI=1S/C27H26ClNO5/c1-4-33-23-13-19-14-25(30)29(21-8-6-7-20(28)15-21)26(22(19)16-24(23)34-5-2)17-9-11-18(12-10-17)27(31)32-3/h6-13,15-16,26H,4-5,14H2,1-3H3/t26-/m0/s1. The average Bonchev–Trinajstić information content (AvgIpc) is 2.84. The monoisotopic (exact) mass is 479 g/mol. The molecule has 1 amide bonds. The molecule has 0 aliphatic carbocycles. The average molecular weight is 480 g/mol. The first kappa shape index (κ1) is 23.6. The molecule has 3 aromatic carbocycles. The molecule has 0 radical (unpaired) electrons. The minimum Gasteiger partial charge on any atom is -0.490 e. The number of anilines is 1. The van der Waals surface area contributed by atoms with E-state index in [1.54, 1.807) is 29.2 Å². The van der Waals surface area contributed by atoms with Crippen molar-refractivity contribution in [2.75, 3.05) is 25.2 Å². The number of hydrogen-bond donors (Lipinski definition) is 0. The van der Waals surface area contributed by atoms with Crippen LogP contribution in [0.3, 0.4) is 0 Å². The number of esters is 1. The fourth-order valence-corrected chi connectivity index (χ4v) is 4.44. The van der Waals surface area contributed by atoms with Crippen molar-refractivity contribution in [3.05, 3.63) is 87.9 Å². The first-order valence-electron chi connectivity index (χ1n) is 11.1. The zero-order chi connectivity index (χ0) is 24.2. The second-order valence-electron chi connectivity index (χ2n) is 7.80. The molecular formula is C27H26ClNO5. The first-order chi connectivity index (χ1) is 16.5. The Bertz CT molecular complexity index is 1210. The number of nitrogens with zero attached hydrogens (tertiary/aromatic N) is 1. The van der Waals surface area contributed by atoms with Gasteiger partial charge < -0.3 is 19.1 Å². The lowest BCUT2D eigenvalue weighted by molar-refractivity contribution is -0.118. The van der Waals surface area contributed by atoms with Crippen LogP contribution in [-0.2, 0) is 16.0 Å². The lowest BCUT2D eigenvalue weighted by Crippen LogP contribution is -2.41. The summed E-state index contributed by atoms with van der Waals surface area (Å²) in [5, 5.41) is 0.539. The van der Waals surface area contributed by atoms with Crippen LogP contribution >= 0.6 is 11.6 Å². The third kappa shape index (κ3) is 4.59. The topological polar surface area (TPSA) is 65.1 Å². The van der Waals surface area contributed by atoms with Crippen LogP contribution in [0.2, 0.25) is 5.02 Å². The number of rotatable bonds is 7. The van der Waals surface area contributed by atoms with Gasteiger partial charge in [0, 0.05) is 10.7 Å². The summed E-state index contributed by atoms with van der Waals surface area (Å²) in [6, 6.07) is 17.7. The van der Waals surface area contributed by atoms with E-state index in [1.807, 2.05) is 50.2 Å². The van der Waals surface area contributed by atoms with Gasteiger partial charge in [-0.1, -0.05) is 29.8 Å². The molecule has 0 bridgehead atoms. The summed E-state index contributed by atoms with van der Waals surface area (Å²) in [7, 11) is 1.35. The largest absolute Gasteiger partial charge is 0.490 e. The highest BCUT2D eigenvalue weighted by molar-refractivity contribution is 6.31. The van der Waals surface area contributed by atoms with Gasteiger partial charge in [0.2, 0.25) is 5.91 Å². The molecule has 4 rings (SSSR count). The normalized spacial score (nSPS) is 15.0. The molecule has 7 heteroatoms. The lowest BCUT2D eigenvalue weighted by atomic mass is 9.86. The Morgan fingerprint density at radius 1 is 1.00 bits per heavy atom. The highest BCUT2D eigenvalue weighted by atomic mass is 35.5. The van der Waals surface area contributed by atoms with E-state index >= 15 is 0 Å². The van der Waals surface area contributed by atoms with Gasteiger partial charge in [-0.05, 0) is 73.0 Å². The van der Waals surface area contributed by atoms with Crippen LogP contribution in [0.1, 0.15) is 46.9 Å². The van der Waals surface area contributed by atoms with Gasteiger partial charge in [0.25, 0.3) is 0 Å². The van der Waals surface area contributed by atoms with Gasteiger partial charge in [0.05, 0.1) is 38.3 Å². The lowest BCUT2D eigenvalue weighted by Gasteiger charge is -2.38. The number of fused-ring (bicyclic) bond motifs is 1. The van der Waals surface area contributed by atoms with Crippen molar-refractivity contribution in [1.29, 1.82) is 0 Å². The van der Waals surface area contributed by atoms with E-state index in [-0.39, 0.29) is 12.3 Å². The van der Waals surface area contributed by atoms with Crippen LogP contribution in [0.5, 0.6) is 11.5 Å². The number of amides is 1. The molecule has 0 saturated carbocycles. The summed E-state index contributed by atoms with van der Waals surface area (Å²) < 4.78 is 16.5. The number of hydrogen-bond acceptors (Lipinski definition) is 5. The molecule has 1 atom stereocenters. The van der Waals surface area contributed by atoms with Crippen LogP contribution in [0, 0.1) is 0 Å². The van der Waals surface area contributed by atoms with Gasteiger partial charge in [-0.3, -0.25) is 4.79 Å². The van der Waals surface area contributed by atoms with Crippen molar-refractivity contribution >= 4 is 29.2 Å². The molecule has 0 aromatic heterocycles. The van der Waals surface area contributed by atoms with Gasteiger partial charge >= 0.3 is 5.97 Å². The minimum atomic E-state index is -0.448. The fraction of sp³-hybridized carbons (Fsp3) is 0.259. The van der Waals surface area contributed by atoms with Crippen molar-refractivity contribution in [1.82, 2.24) is 0 Å². The zero-order valence-electron chi connectivity index (χ0n) is 19.3. The van der Waals surface area contributed by atoms with E-state index in [0.717, 1.165) is 16.7 Å². The van der Waals surface area contributed by atoms with Crippen LogP contribution in [0.25, 0.3) is 0 Å². The Balaban J connectivity index is 1.90. The summed E-state index contributed by atoms with van der Waals surface area (Å²) in [5.74, 6) is 0.758. The van der Waals surface area contributed by atoms with Crippen LogP contribution in [0.4, 0.5) is 5.69 Å². The molecule has 0 unspecified atom stereocenters. The van der Waals surface area contributed by atoms with Gasteiger partial charge in [0.15, 0.2) is 11.5 Å². The number of carbonyl (C=O) groups is 2. The molecule has 3 aromatic rings. The molecular weight excluding hydrogens is 454 g/mol. The molecule has 176 valence electrons. The van der Waals surface area contributed by atoms with Crippen molar-refractivity contribution < 1.29 is 23.8 Å². The third-order valence-electron chi connectivity index (χ3n) is 5.70. The summed E-state index contributed by atoms with van der Waals surface area (Å²) in [4.78, 5) is 27.2. The highest BCUT2D eigenvalue weighted by Crippen LogP contribution is 2.43. The molecule has 1 heterocycles. The molecule has 0 N–H and O–H groups in total. The summed E-state index contributed by atoms with van der Waals surface area (Å²) in [6.45, 7) is 4.79. The second-order valence-corrected chi connectivity index (χ2v) is 8.24. The van der Waals surface area contributed by atoms with E-state index in [0.29, 0.717) is 41.0 Å². The van der Waals surface area contributed by atoms with Crippen molar-refractivity contribution in [3.63, 3.8) is 0 Å². The van der Waals surface area contributed by atoms with Crippen LogP contribution in [0.15, 0.2) is 60.7 Å². The maximum absolute atomic E-state index is 13.5. The molecule has 1 aliphatic rings. The number of benzene rings is 3. The first-order valence-corrected chi connectivity index (χ1v) is 11.5. The van der Waals surface area contributed by atoms with Gasteiger partial charge in [-0.2, -0.15) is 0 Å². The molecule has 0 fully saturated rings. The number of halogens is 1. The smallest absolute Gasteiger partial charge is 0.337 e. The number of ether oxygens (including phenoxy) is 3. The predicted molar refractivity (Wildman–Crippen MR) is 131 cm³/mol. The van der Waals surface area contributed by atoms with Gasteiger partial charge in [-0.25, -0.2) is 4.79 Å². The minimum absolute atomic E-state index is 0.0663. The fourth-order valence-electron chi connectivity index (χ4n) is 4.26. The Morgan fingerprint density at radius 3 is 2.29 bits per heavy atom. The molecule has 0 spiro atoms. The Hall–Kier alpha value is -3.51. The maximum Gasteiger partial charge on any atom is 0.337 e. The highest BCUT2D eigenvalue weighted by Gasteiger charge is 2.36. The molecule has 34 heavy (non-hydrogen) atoms. The van der Waals surface area contributed by atoms with E-state index in [9.17, 15) is 9.59 Å². The summed E-state index contributed by atoms with van der Waals surface area (Å²) in [5.41, 5.74) is 3.77. The second kappa shape index (κ2) is 10.2. The Morgan fingerprint density at radius 2 is 1.68 bits per heavy atom. The molecule has 1 aliphatic heterocycles. The molecule has 0 saturated heterocycles. The van der Waals surface area contributed by atoms with Gasteiger partial charge in [0.1, 0.15) is 0 Å². The summed E-state index contributed by atoms with van der Waals surface area (Å²) in [6.07, 6.45) is 0.213. The zero-order valence-corrected chi connectivity index (χ0v) is 20.1. The number of carbonyl (C=O) groups excluding carboxylic acids is 2. The van der Waals surface area contributed by atoms with Crippen LogP contribution in [-0.4, -0.2) is 32.2 Å². The third-order valence-corrected chi connectivity index (χ3v) is 5.94. The van der Waals surface area contributed by atoms with Crippen molar-refractivity contribution in [2.24, 2.45) is 0 Å². The van der Waals surface area contributed by atoms with E-state index < -0.39 is 12.0 Å². The molecule has 6 nitrogen and oxygen atoms in total. The predicted octanol–water partition coefficient (Wildman–Crippen LogP) is 5.60. The van der Waals surface area contributed by atoms with E-state index in [4.69, 9.17) is 25.8 Å². The Labute approximate surface area is 204 Å². The quantitative estimate of drug-likeness (QED) is 0.412. The van der Waals surface area contributed by atoms with Crippen LogP contribution < -0.4 is 14.4 Å². The number of methoxy groups -OCH3 is 1. The Kier molecular flexibility index (Phi) is 7.08. The van der Waals surface area contributed by atoms with E-state index in [2.05, 4.69) is 0 Å². The van der Waals surface area contributed by atoms with E-state index in [1.165, 1.54) is 7.11 Å². The van der Waals surface area contributed by atoms with Crippen molar-refractivity contribution in [3.8, 4) is 11.5 Å². The van der Waals surface area contributed by atoms with Crippen molar-refractivity contribution in [2.45, 2.75) is 26.3 Å². The SMILES string of the molecule is CCOc1cc2c(cc1OCC)[C@H](c1ccc(C(=O)OC)cc1)N(c1cccc(Cl)c1)C(=O)C2.